The predicted molar refractivity (Wildman–Crippen MR) is 279 cm³/mol. The minimum Gasteiger partial charge on any atom is -0.462 e. The van der Waals surface area contributed by atoms with Gasteiger partial charge in [-0.2, -0.15) is 0 Å². The molecule has 1 atom stereocenters. The minimum absolute atomic E-state index is 0.0697. The Bertz CT molecular complexity index is 1180. The van der Waals surface area contributed by atoms with Gasteiger partial charge in [0.2, 0.25) is 0 Å². The number of unbranched alkanes of at least 4 members (excludes halogenated alkanes) is 29. The van der Waals surface area contributed by atoms with Gasteiger partial charge in [0, 0.05) is 19.3 Å². The Morgan fingerprint density at radius 3 is 0.938 bits per heavy atom. The summed E-state index contributed by atoms with van der Waals surface area (Å²) < 4.78 is 16.6. The second kappa shape index (κ2) is 53.7. The summed E-state index contributed by atoms with van der Waals surface area (Å²) in [7, 11) is 0. The van der Waals surface area contributed by atoms with Crippen molar-refractivity contribution in [2.45, 2.75) is 284 Å². The van der Waals surface area contributed by atoms with E-state index in [1.165, 1.54) is 148 Å². The van der Waals surface area contributed by atoms with Crippen molar-refractivity contribution in [3.05, 3.63) is 60.8 Å². The molecule has 0 bridgehead atoms. The SMILES string of the molecule is CC/C=C\C/C=C\C/C=C\C/C=C\C/C=C\CCCCCCCCCCCCCCCCCCCC(=O)OCC(COC(=O)CCCCCCCC)OC(=O)CCCCCCCCCC. The van der Waals surface area contributed by atoms with Crippen molar-refractivity contribution in [1.29, 1.82) is 0 Å². The molecule has 0 rings (SSSR count). The molecule has 0 spiro atoms. The van der Waals surface area contributed by atoms with Crippen LogP contribution in [0.3, 0.4) is 0 Å². The number of allylic oxidation sites excluding steroid dienone is 10. The average Bonchev–Trinajstić information content (AvgIpc) is 3.30. The van der Waals surface area contributed by atoms with Gasteiger partial charge in [0.25, 0.3) is 0 Å². The highest BCUT2D eigenvalue weighted by atomic mass is 16.6. The van der Waals surface area contributed by atoms with E-state index in [9.17, 15) is 14.4 Å². The normalized spacial score (nSPS) is 12.5. The third-order valence-electron chi connectivity index (χ3n) is 12.0. The molecule has 0 radical (unpaired) electrons. The molecule has 0 aromatic carbocycles. The molecule has 0 saturated carbocycles. The first-order chi connectivity index (χ1) is 32.0. The van der Waals surface area contributed by atoms with Crippen molar-refractivity contribution in [1.82, 2.24) is 0 Å². The molecule has 0 aliphatic rings. The third-order valence-corrected chi connectivity index (χ3v) is 12.0. The highest BCUT2D eigenvalue weighted by Gasteiger charge is 2.19. The lowest BCUT2D eigenvalue weighted by molar-refractivity contribution is -0.167. The van der Waals surface area contributed by atoms with Gasteiger partial charge in [-0.05, 0) is 64.2 Å². The Labute approximate surface area is 402 Å². The molecule has 0 saturated heterocycles. The Hall–Kier alpha value is -2.89. The molecule has 0 aromatic rings. The number of hydrogen-bond donors (Lipinski definition) is 0. The second-order valence-corrected chi connectivity index (χ2v) is 18.5. The lowest BCUT2D eigenvalue weighted by Crippen LogP contribution is -2.30. The number of rotatable bonds is 50. The van der Waals surface area contributed by atoms with E-state index in [0.29, 0.717) is 19.3 Å². The summed E-state index contributed by atoms with van der Waals surface area (Å²) in [4.78, 5) is 37.6. The molecule has 1 unspecified atom stereocenters. The largest absolute Gasteiger partial charge is 0.462 e. The standard InChI is InChI=1S/C59H104O6/c1-4-7-10-13-16-18-19-20-21-22-23-24-25-26-27-28-29-30-31-32-33-34-35-36-37-38-39-40-41-42-44-46-49-52-58(61)64-55-56(54-63-57(60)51-48-45-15-12-9-6-3)65-59(62)53-50-47-43-17-14-11-8-5-2/h7,10,16,18,20-21,23-24,26-27,56H,4-6,8-9,11-15,17,19,22,25,28-55H2,1-3H3/b10-7-,18-16-,21-20-,24-23-,27-26-. The number of carbonyl (C=O) groups is 3. The summed E-state index contributed by atoms with van der Waals surface area (Å²) in [6, 6.07) is 0. The van der Waals surface area contributed by atoms with Gasteiger partial charge >= 0.3 is 17.9 Å². The van der Waals surface area contributed by atoms with Gasteiger partial charge in [-0.1, -0.05) is 255 Å². The molecule has 6 heteroatoms. The highest BCUT2D eigenvalue weighted by molar-refractivity contribution is 5.71. The van der Waals surface area contributed by atoms with Crippen LogP contribution in [0.5, 0.6) is 0 Å². The van der Waals surface area contributed by atoms with Crippen LogP contribution >= 0.6 is 0 Å². The summed E-state index contributed by atoms with van der Waals surface area (Å²) in [6.45, 7) is 6.44. The first-order valence-corrected chi connectivity index (χ1v) is 27.8. The van der Waals surface area contributed by atoms with Gasteiger partial charge in [-0.15, -0.1) is 0 Å². The lowest BCUT2D eigenvalue weighted by Gasteiger charge is -2.18. The molecule has 0 amide bonds. The van der Waals surface area contributed by atoms with Crippen LogP contribution in [0.15, 0.2) is 60.8 Å². The zero-order valence-corrected chi connectivity index (χ0v) is 43.0. The van der Waals surface area contributed by atoms with Crippen LogP contribution in [-0.2, 0) is 28.6 Å². The van der Waals surface area contributed by atoms with Gasteiger partial charge in [0.15, 0.2) is 6.10 Å². The molecule has 6 nitrogen and oxygen atoms in total. The van der Waals surface area contributed by atoms with Crippen molar-refractivity contribution in [3.8, 4) is 0 Å². The number of hydrogen-bond acceptors (Lipinski definition) is 6. The Balaban J connectivity index is 3.86. The van der Waals surface area contributed by atoms with Crippen LogP contribution in [0.2, 0.25) is 0 Å². The summed E-state index contributed by atoms with van der Waals surface area (Å²) in [6.07, 6.45) is 67.1. The molecular formula is C59H104O6. The zero-order valence-electron chi connectivity index (χ0n) is 43.0. The summed E-state index contributed by atoms with van der Waals surface area (Å²) in [5.74, 6) is -0.877. The van der Waals surface area contributed by atoms with Crippen LogP contribution < -0.4 is 0 Å². The van der Waals surface area contributed by atoms with Crippen LogP contribution in [0.25, 0.3) is 0 Å². The van der Waals surface area contributed by atoms with E-state index in [1.807, 2.05) is 0 Å². The molecule has 0 aromatic heterocycles. The van der Waals surface area contributed by atoms with Crippen molar-refractivity contribution < 1.29 is 28.6 Å². The number of ether oxygens (including phenoxy) is 3. The molecule has 0 N–H and O–H groups in total. The van der Waals surface area contributed by atoms with Crippen LogP contribution in [-0.4, -0.2) is 37.2 Å². The first kappa shape index (κ1) is 62.1. The van der Waals surface area contributed by atoms with Gasteiger partial charge in [0.1, 0.15) is 13.2 Å². The molecule has 0 fully saturated rings. The topological polar surface area (TPSA) is 78.9 Å². The fourth-order valence-corrected chi connectivity index (χ4v) is 7.88. The van der Waals surface area contributed by atoms with Crippen LogP contribution in [0.1, 0.15) is 278 Å². The Kier molecular flexibility index (Phi) is 51.3. The first-order valence-electron chi connectivity index (χ1n) is 27.8. The quantitative estimate of drug-likeness (QED) is 0.0262. The van der Waals surface area contributed by atoms with E-state index in [0.717, 1.165) is 89.9 Å². The number of carbonyl (C=O) groups excluding carboxylic acids is 3. The van der Waals surface area contributed by atoms with Gasteiger partial charge < -0.3 is 14.2 Å². The molecule has 0 heterocycles. The Morgan fingerprint density at radius 2 is 0.600 bits per heavy atom. The molecule has 376 valence electrons. The Morgan fingerprint density at radius 1 is 0.323 bits per heavy atom. The lowest BCUT2D eigenvalue weighted by atomic mass is 10.0. The summed E-state index contributed by atoms with van der Waals surface area (Å²) in [5.41, 5.74) is 0. The van der Waals surface area contributed by atoms with E-state index in [2.05, 4.69) is 81.5 Å². The van der Waals surface area contributed by atoms with E-state index in [4.69, 9.17) is 14.2 Å². The van der Waals surface area contributed by atoms with Gasteiger partial charge in [-0.25, -0.2) is 0 Å². The molecule has 0 aliphatic carbocycles. The maximum atomic E-state index is 12.6. The van der Waals surface area contributed by atoms with Crippen LogP contribution in [0, 0.1) is 0 Å². The average molecular weight is 909 g/mol. The number of esters is 3. The minimum atomic E-state index is -0.763. The van der Waals surface area contributed by atoms with Crippen molar-refractivity contribution in [3.63, 3.8) is 0 Å². The van der Waals surface area contributed by atoms with Gasteiger partial charge in [-0.3, -0.25) is 14.4 Å². The fraction of sp³-hybridized carbons (Fsp3) is 0.780. The smallest absolute Gasteiger partial charge is 0.306 e. The monoisotopic (exact) mass is 909 g/mol. The molecular weight excluding hydrogens is 805 g/mol. The summed E-state index contributed by atoms with van der Waals surface area (Å²) in [5, 5.41) is 0. The second-order valence-electron chi connectivity index (χ2n) is 18.5. The van der Waals surface area contributed by atoms with Crippen molar-refractivity contribution in [2.75, 3.05) is 13.2 Å². The van der Waals surface area contributed by atoms with E-state index < -0.39 is 6.10 Å². The molecule has 65 heavy (non-hydrogen) atoms. The maximum Gasteiger partial charge on any atom is 0.306 e. The van der Waals surface area contributed by atoms with E-state index >= 15 is 0 Å². The van der Waals surface area contributed by atoms with E-state index in [1.54, 1.807) is 0 Å². The van der Waals surface area contributed by atoms with Crippen molar-refractivity contribution in [2.24, 2.45) is 0 Å². The van der Waals surface area contributed by atoms with Gasteiger partial charge in [0.05, 0.1) is 0 Å². The highest BCUT2D eigenvalue weighted by Crippen LogP contribution is 2.16. The van der Waals surface area contributed by atoms with E-state index in [-0.39, 0.29) is 31.1 Å². The zero-order chi connectivity index (χ0) is 47.2. The maximum absolute atomic E-state index is 12.6. The molecule has 0 aliphatic heterocycles. The predicted octanol–water partition coefficient (Wildman–Crippen LogP) is 18.4. The van der Waals surface area contributed by atoms with Crippen molar-refractivity contribution >= 4 is 17.9 Å². The fourth-order valence-electron chi connectivity index (χ4n) is 7.88. The van der Waals surface area contributed by atoms with Crippen LogP contribution in [0.4, 0.5) is 0 Å². The third kappa shape index (κ3) is 51.9. The summed E-state index contributed by atoms with van der Waals surface area (Å²) >= 11 is 0.